The quantitative estimate of drug-likeness (QED) is 0.364. The molecule has 10 heteroatoms. The minimum atomic E-state index is -0.632. The van der Waals surface area contributed by atoms with Gasteiger partial charge in [-0.15, -0.1) is 0 Å². The zero-order valence-corrected chi connectivity index (χ0v) is 22.5. The highest BCUT2D eigenvalue weighted by Crippen LogP contribution is 2.38. The summed E-state index contributed by atoms with van der Waals surface area (Å²) in [4.78, 5) is 32.3. The lowest BCUT2D eigenvalue weighted by Crippen LogP contribution is -2.24. The molecule has 2 aromatic carbocycles. The van der Waals surface area contributed by atoms with Crippen LogP contribution in [0.25, 0.3) is 22.5 Å². The van der Waals surface area contributed by atoms with Gasteiger partial charge in [0.05, 0.1) is 27.7 Å². The summed E-state index contributed by atoms with van der Waals surface area (Å²) in [5.41, 5.74) is 12.4. The molecule has 8 nitrogen and oxygen atoms in total. The fourth-order valence-electron chi connectivity index (χ4n) is 5.27. The average Bonchev–Trinajstić information content (AvgIpc) is 3.35. The number of hydrogen-bond acceptors (Lipinski definition) is 5. The molecule has 2 aromatic heterocycles. The molecule has 0 unspecified atom stereocenters. The van der Waals surface area contributed by atoms with Crippen LogP contribution in [0.15, 0.2) is 60.8 Å². The summed E-state index contributed by atoms with van der Waals surface area (Å²) in [5, 5.41) is 7.72. The van der Waals surface area contributed by atoms with Crippen LogP contribution in [0.2, 0.25) is 5.02 Å². The normalized spacial score (nSPS) is 14.7. The molecule has 0 saturated heterocycles. The third-order valence-corrected chi connectivity index (χ3v) is 7.70. The van der Waals surface area contributed by atoms with Gasteiger partial charge in [-0.05, 0) is 79.9 Å². The van der Waals surface area contributed by atoms with Crippen LogP contribution in [0.5, 0.6) is 0 Å². The molecule has 0 saturated carbocycles. The van der Waals surface area contributed by atoms with Gasteiger partial charge in [0.1, 0.15) is 5.82 Å². The third-order valence-electron chi connectivity index (χ3n) is 7.40. The Morgan fingerprint density at radius 2 is 1.88 bits per heavy atom. The summed E-state index contributed by atoms with van der Waals surface area (Å²) in [6, 6.07) is 13.2. The summed E-state index contributed by atoms with van der Waals surface area (Å²) in [7, 11) is 2.06. The van der Waals surface area contributed by atoms with Gasteiger partial charge in [0, 0.05) is 36.1 Å². The first-order valence-electron chi connectivity index (χ1n) is 12.9. The third kappa shape index (κ3) is 4.78. The van der Waals surface area contributed by atoms with Gasteiger partial charge < -0.3 is 16.0 Å². The number of pyridine rings is 1. The molecule has 1 aliphatic heterocycles. The molecule has 6 rings (SSSR count). The summed E-state index contributed by atoms with van der Waals surface area (Å²) in [6.45, 7) is 1.74. The number of carbonyl (C=O) groups excluding carboxylic acids is 2. The van der Waals surface area contributed by atoms with Crippen molar-refractivity contribution in [3.05, 3.63) is 99.7 Å². The van der Waals surface area contributed by atoms with E-state index in [1.807, 2.05) is 18.2 Å². The maximum atomic E-state index is 13.6. The lowest BCUT2D eigenvalue weighted by Gasteiger charge is -2.22. The summed E-state index contributed by atoms with van der Waals surface area (Å²) < 4.78 is 15.3. The number of benzene rings is 2. The van der Waals surface area contributed by atoms with Crippen molar-refractivity contribution in [3.63, 3.8) is 0 Å². The molecule has 0 atom stereocenters. The Kier molecular flexibility index (Phi) is 6.69. The number of carbonyl (C=O) groups is 2. The van der Waals surface area contributed by atoms with Crippen LogP contribution in [0.4, 0.5) is 10.1 Å². The molecule has 3 heterocycles. The zero-order valence-electron chi connectivity index (χ0n) is 21.7. The summed E-state index contributed by atoms with van der Waals surface area (Å²) in [6.07, 6.45) is 5.72. The first-order valence-corrected chi connectivity index (χ1v) is 13.3. The van der Waals surface area contributed by atoms with E-state index in [9.17, 15) is 14.0 Å². The van der Waals surface area contributed by atoms with E-state index < -0.39 is 5.91 Å². The summed E-state index contributed by atoms with van der Waals surface area (Å²) >= 11 is 6.40. The van der Waals surface area contributed by atoms with Crippen molar-refractivity contribution in [2.75, 3.05) is 25.5 Å². The second-order valence-electron chi connectivity index (χ2n) is 10.0. The second-order valence-corrected chi connectivity index (χ2v) is 10.5. The first kappa shape index (κ1) is 25.9. The van der Waals surface area contributed by atoms with E-state index in [0.717, 1.165) is 47.5 Å². The van der Waals surface area contributed by atoms with Gasteiger partial charge in [0.15, 0.2) is 5.69 Å². The topological polar surface area (TPSA) is 106 Å². The van der Waals surface area contributed by atoms with E-state index >= 15 is 0 Å². The number of amides is 2. The van der Waals surface area contributed by atoms with E-state index in [4.69, 9.17) is 17.3 Å². The van der Waals surface area contributed by atoms with Gasteiger partial charge in [-0.2, -0.15) is 5.10 Å². The first-order chi connectivity index (χ1) is 19.3. The molecule has 4 aromatic rings. The number of fused-ring (bicyclic) bond motifs is 3. The van der Waals surface area contributed by atoms with Crippen molar-refractivity contribution in [1.82, 2.24) is 19.7 Å². The Bertz CT molecular complexity index is 1700. The minimum absolute atomic E-state index is 0.179. The molecule has 2 amide bonds. The number of rotatable bonds is 5. The van der Waals surface area contributed by atoms with Gasteiger partial charge in [0.25, 0.3) is 11.8 Å². The number of anilines is 1. The van der Waals surface area contributed by atoms with E-state index in [0.29, 0.717) is 35.5 Å². The number of primary amides is 1. The lowest BCUT2D eigenvalue weighted by atomic mass is 9.88. The average molecular weight is 557 g/mol. The van der Waals surface area contributed by atoms with Gasteiger partial charge in [-0.25, -0.2) is 9.07 Å². The van der Waals surface area contributed by atoms with Crippen LogP contribution in [0, 0.1) is 5.82 Å². The maximum absolute atomic E-state index is 13.6. The van der Waals surface area contributed by atoms with Gasteiger partial charge >= 0.3 is 0 Å². The van der Waals surface area contributed by atoms with Crippen LogP contribution in [0.1, 0.15) is 44.1 Å². The molecule has 202 valence electrons. The monoisotopic (exact) mass is 556 g/mol. The van der Waals surface area contributed by atoms with E-state index in [-0.39, 0.29) is 22.4 Å². The van der Waals surface area contributed by atoms with Crippen LogP contribution in [-0.4, -0.2) is 51.6 Å². The van der Waals surface area contributed by atoms with Crippen LogP contribution < -0.4 is 11.1 Å². The van der Waals surface area contributed by atoms with Crippen molar-refractivity contribution < 1.29 is 14.0 Å². The highest BCUT2D eigenvalue weighted by Gasteiger charge is 2.28. The minimum Gasteiger partial charge on any atom is -0.364 e. The molecule has 0 radical (unpaired) electrons. The van der Waals surface area contributed by atoms with Gasteiger partial charge in [-0.3, -0.25) is 14.6 Å². The number of aromatic nitrogens is 3. The van der Waals surface area contributed by atoms with E-state index in [1.54, 1.807) is 22.9 Å². The highest BCUT2D eigenvalue weighted by atomic mass is 35.5. The van der Waals surface area contributed by atoms with Crippen molar-refractivity contribution in [1.29, 1.82) is 0 Å². The largest absolute Gasteiger partial charge is 0.364 e. The number of hydrogen-bond donors (Lipinski definition) is 2. The van der Waals surface area contributed by atoms with Crippen molar-refractivity contribution >= 4 is 34.7 Å². The van der Waals surface area contributed by atoms with E-state index in [1.165, 1.54) is 18.3 Å². The Balaban J connectivity index is 1.36. The SMILES string of the molecule is CN1CC=C(c2cc(C(=O)Nc3ccc4c(c3)-c3c(c(C(N)=O)nn3-c3ccc(F)cc3)CC4)c(Cl)cn2)CC1. The van der Waals surface area contributed by atoms with Crippen LogP contribution >= 0.6 is 11.6 Å². The maximum Gasteiger partial charge on any atom is 0.269 e. The lowest BCUT2D eigenvalue weighted by molar-refractivity contribution is 0.0992. The fraction of sp³-hybridized carbons (Fsp3) is 0.200. The fourth-order valence-corrected chi connectivity index (χ4v) is 5.46. The molecular formula is C30H26ClFN6O2. The highest BCUT2D eigenvalue weighted by molar-refractivity contribution is 6.34. The molecule has 1 aliphatic carbocycles. The predicted molar refractivity (Wildman–Crippen MR) is 152 cm³/mol. The standard InChI is InChI=1S/C30H26ClFN6O2/c1-37-12-10-18(11-13-37)26-15-24(25(31)16-34-26)30(40)35-20-6-2-17-3-9-22-27(29(33)39)36-38(28(22)23(17)14-20)21-7-4-19(32)5-8-21/h2,4-8,10,14-16H,3,9,11-13H2,1H3,(H2,33,39)(H,35,40). The molecule has 3 N–H and O–H groups in total. The number of halogens is 2. The Labute approximate surface area is 235 Å². The van der Waals surface area contributed by atoms with Gasteiger partial charge in [0.2, 0.25) is 0 Å². The Morgan fingerprint density at radius 1 is 1.07 bits per heavy atom. The number of likely N-dealkylation sites (N-methyl/N-ethyl adjacent to an activating group) is 1. The van der Waals surface area contributed by atoms with Crippen molar-refractivity contribution in [2.24, 2.45) is 5.73 Å². The van der Waals surface area contributed by atoms with Crippen LogP contribution in [-0.2, 0) is 12.8 Å². The Morgan fingerprint density at radius 3 is 2.60 bits per heavy atom. The predicted octanol–water partition coefficient (Wildman–Crippen LogP) is 4.90. The molecule has 0 bridgehead atoms. The molecule has 2 aliphatic rings. The molecule has 0 fully saturated rings. The number of nitrogens with two attached hydrogens (primary N) is 1. The van der Waals surface area contributed by atoms with Crippen LogP contribution in [0.3, 0.4) is 0 Å². The molecular weight excluding hydrogens is 531 g/mol. The van der Waals surface area contributed by atoms with Gasteiger partial charge in [-0.1, -0.05) is 23.7 Å². The number of nitrogens with zero attached hydrogens (tertiary/aromatic N) is 4. The zero-order chi connectivity index (χ0) is 28.0. The summed E-state index contributed by atoms with van der Waals surface area (Å²) in [5.74, 6) is -1.37. The number of aryl methyl sites for hydroxylation is 1. The van der Waals surface area contributed by atoms with Crippen molar-refractivity contribution in [3.8, 4) is 16.9 Å². The molecule has 0 spiro atoms. The van der Waals surface area contributed by atoms with Crippen molar-refractivity contribution in [2.45, 2.75) is 19.3 Å². The number of nitrogens with one attached hydrogen (secondary N) is 1. The smallest absolute Gasteiger partial charge is 0.269 e. The Hall–Kier alpha value is -4.34. The molecule has 40 heavy (non-hydrogen) atoms. The second kappa shape index (κ2) is 10.3. The van der Waals surface area contributed by atoms with E-state index in [2.05, 4.69) is 33.4 Å².